The number of carbonyl (C=O) groups excluding carboxylic acids is 2. The molecule has 1 saturated heterocycles. The molecule has 1 aliphatic carbocycles. The Morgan fingerprint density at radius 1 is 1.16 bits per heavy atom. The Balaban J connectivity index is 1.33. The van der Waals surface area contributed by atoms with Crippen molar-refractivity contribution in [3.8, 4) is 5.88 Å². The highest BCUT2D eigenvalue weighted by Gasteiger charge is 2.48. The summed E-state index contributed by atoms with van der Waals surface area (Å²) in [6.07, 6.45) is 6.54. The van der Waals surface area contributed by atoms with Crippen molar-refractivity contribution in [3.63, 3.8) is 0 Å². The van der Waals surface area contributed by atoms with Crippen LogP contribution in [0.4, 0.5) is 26.1 Å². The van der Waals surface area contributed by atoms with Crippen LogP contribution >= 0.6 is 0 Å². The first-order valence-corrected chi connectivity index (χ1v) is 12.6. The van der Waals surface area contributed by atoms with Gasteiger partial charge in [0, 0.05) is 37.1 Å². The van der Waals surface area contributed by atoms with Gasteiger partial charge in [0.1, 0.15) is 17.7 Å². The Hall–Kier alpha value is -3.41. The fourth-order valence-corrected chi connectivity index (χ4v) is 5.52. The van der Waals surface area contributed by atoms with Crippen LogP contribution in [-0.4, -0.2) is 52.9 Å². The van der Waals surface area contributed by atoms with Crippen molar-refractivity contribution in [2.24, 2.45) is 11.8 Å². The van der Waals surface area contributed by atoms with Crippen molar-refractivity contribution in [2.75, 3.05) is 29.2 Å². The average Bonchev–Trinajstić information content (AvgIpc) is 3.14. The zero-order valence-electron chi connectivity index (χ0n) is 20.5. The third kappa shape index (κ3) is 5.34. The van der Waals surface area contributed by atoms with Crippen LogP contribution < -0.4 is 20.7 Å². The van der Waals surface area contributed by atoms with Gasteiger partial charge in [-0.05, 0) is 43.6 Å². The highest BCUT2D eigenvalue weighted by Crippen LogP contribution is 2.44. The lowest BCUT2D eigenvalue weighted by Gasteiger charge is -2.32. The molecule has 0 radical (unpaired) electrons. The van der Waals surface area contributed by atoms with Gasteiger partial charge in [-0.15, -0.1) is 10.2 Å². The van der Waals surface area contributed by atoms with E-state index in [-0.39, 0.29) is 29.4 Å². The first-order chi connectivity index (χ1) is 17.8. The van der Waals surface area contributed by atoms with Crippen LogP contribution in [0.1, 0.15) is 51.0 Å². The molecule has 2 aliphatic heterocycles. The molecule has 0 unspecified atom stereocenters. The lowest BCUT2D eigenvalue weighted by atomic mass is 9.76. The number of fused-ring (bicyclic) bond motifs is 2. The van der Waals surface area contributed by atoms with Crippen LogP contribution in [0, 0.1) is 11.8 Å². The number of anilines is 3. The minimum Gasteiger partial charge on any atom is -0.415 e. The summed E-state index contributed by atoms with van der Waals surface area (Å²) in [5.41, 5.74) is 0.843. The molecule has 2 amide bonds. The van der Waals surface area contributed by atoms with Gasteiger partial charge in [-0.3, -0.25) is 9.59 Å². The minimum absolute atomic E-state index is 0.0367. The van der Waals surface area contributed by atoms with Gasteiger partial charge in [0.2, 0.25) is 17.7 Å². The topological polar surface area (TPSA) is 127 Å². The monoisotopic (exact) mass is 516 g/mol. The molecule has 0 bridgehead atoms. The van der Waals surface area contributed by atoms with Crippen molar-refractivity contribution >= 4 is 29.1 Å². The maximum Gasteiger partial charge on any atom is 0.388 e. The van der Waals surface area contributed by atoms with Gasteiger partial charge in [-0.2, -0.15) is 8.78 Å². The maximum atomic E-state index is 13.5. The third-order valence-corrected chi connectivity index (χ3v) is 7.67. The normalized spacial score (nSPS) is 23.3. The van der Waals surface area contributed by atoms with Crippen LogP contribution in [0.5, 0.6) is 5.88 Å². The number of nitrogens with one attached hydrogen (secondary N) is 3. The molecule has 4 heterocycles. The summed E-state index contributed by atoms with van der Waals surface area (Å²) in [7, 11) is 0. The molecule has 1 atom stereocenters. The van der Waals surface area contributed by atoms with Gasteiger partial charge in [0.15, 0.2) is 0 Å². The Kier molecular flexibility index (Phi) is 7.18. The number of rotatable bonds is 7. The predicted molar refractivity (Wildman–Crippen MR) is 130 cm³/mol. The number of aromatic nitrogens is 3. The Morgan fingerprint density at radius 2 is 1.92 bits per heavy atom. The van der Waals surface area contributed by atoms with Gasteiger partial charge >= 0.3 is 6.61 Å². The van der Waals surface area contributed by atoms with Crippen LogP contribution in [-0.2, 0) is 19.7 Å². The first kappa shape index (κ1) is 25.2. The van der Waals surface area contributed by atoms with E-state index in [4.69, 9.17) is 4.74 Å². The molecule has 2 fully saturated rings. The van der Waals surface area contributed by atoms with Crippen molar-refractivity contribution in [1.29, 1.82) is 0 Å². The largest absolute Gasteiger partial charge is 0.415 e. The van der Waals surface area contributed by atoms with Crippen molar-refractivity contribution < 1.29 is 27.8 Å². The second kappa shape index (κ2) is 10.5. The summed E-state index contributed by atoms with van der Waals surface area (Å²) in [5, 5.41) is 16.5. The molecular weight excluding hydrogens is 486 g/mol. The number of nitrogens with zero attached hydrogens (tertiary/aromatic N) is 3. The van der Waals surface area contributed by atoms with E-state index >= 15 is 0 Å². The summed E-state index contributed by atoms with van der Waals surface area (Å²) >= 11 is 0. The first-order valence-electron chi connectivity index (χ1n) is 12.6. The summed E-state index contributed by atoms with van der Waals surface area (Å²) in [4.78, 5) is 30.7. The molecule has 1 saturated carbocycles. The lowest BCUT2D eigenvalue weighted by Crippen LogP contribution is -2.42. The Morgan fingerprint density at radius 3 is 2.59 bits per heavy atom. The smallest absolute Gasteiger partial charge is 0.388 e. The van der Waals surface area contributed by atoms with E-state index in [1.165, 1.54) is 12.1 Å². The summed E-state index contributed by atoms with van der Waals surface area (Å²) in [6.45, 7) is 0.218. The Labute approximate surface area is 212 Å². The number of carbonyl (C=O) groups is 2. The van der Waals surface area contributed by atoms with Crippen LogP contribution in [0.3, 0.4) is 0 Å². The SMILES string of the molecule is C[C@H]1CC[C@H]([C@H](Nc2ccc(OC(F)F)nn2)C(=O)Nc2cc3c(cn2)C2(CCOCC2)C(=O)N3)CC1. The molecule has 10 nitrogen and oxygen atoms in total. The highest BCUT2D eigenvalue weighted by molar-refractivity contribution is 6.07. The van der Waals surface area contributed by atoms with Crippen LogP contribution in [0.25, 0.3) is 0 Å². The quantitative estimate of drug-likeness (QED) is 0.508. The third-order valence-electron chi connectivity index (χ3n) is 7.67. The van der Waals surface area contributed by atoms with Gasteiger partial charge in [-0.25, -0.2) is 4.98 Å². The average molecular weight is 517 g/mol. The zero-order valence-corrected chi connectivity index (χ0v) is 20.5. The molecule has 5 rings (SSSR count). The van der Waals surface area contributed by atoms with Crippen LogP contribution in [0.2, 0.25) is 0 Å². The number of amides is 2. The van der Waals surface area contributed by atoms with E-state index < -0.39 is 18.1 Å². The second-order valence-corrected chi connectivity index (χ2v) is 10.0. The molecule has 3 aliphatic rings. The molecule has 2 aromatic rings. The molecule has 12 heteroatoms. The highest BCUT2D eigenvalue weighted by atomic mass is 19.3. The minimum atomic E-state index is -3.00. The molecule has 2 aromatic heterocycles. The molecule has 0 aromatic carbocycles. The predicted octanol–water partition coefficient (Wildman–Crippen LogP) is 3.72. The van der Waals surface area contributed by atoms with Crippen molar-refractivity contribution in [3.05, 3.63) is 30.0 Å². The van der Waals surface area contributed by atoms with Crippen molar-refractivity contribution in [1.82, 2.24) is 15.2 Å². The molecular formula is C25H30F2N6O4. The number of pyridine rings is 1. The summed E-state index contributed by atoms with van der Waals surface area (Å²) in [6, 6.07) is 3.77. The van der Waals surface area contributed by atoms with E-state index in [0.717, 1.165) is 31.2 Å². The second-order valence-electron chi connectivity index (χ2n) is 10.0. The number of alkyl halides is 2. The lowest BCUT2D eigenvalue weighted by molar-refractivity contribution is -0.124. The van der Waals surface area contributed by atoms with E-state index in [0.29, 0.717) is 43.5 Å². The fraction of sp³-hybridized carbons (Fsp3) is 0.560. The van der Waals surface area contributed by atoms with Crippen molar-refractivity contribution in [2.45, 2.75) is 63.5 Å². The Bertz CT molecular complexity index is 1130. The number of ether oxygens (including phenoxy) is 2. The van der Waals surface area contributed by atoms with E-state index in [1.807, 2.05) is 0 Å². The molecule has 1 spiro atoms. The summed E-state index contributed by atoms with van der Waals surface area (Å²) < 4.78 is 34.6. The zero-order chi connectivity index (χ0) is 26.0. The van der Waals surface area contributed by atoms with Gasteiger partial charge in [0.25, 0.3) is 0 Å². The van der Waals surface area contributed by atoms with E-state index in [1.54, 1.807) is 12.3 Å². The molecule has 198 valence electrons. The number of hydrogen-bond acceptors (Lipinski definition) is 8. The van der Waals surface area contributed by atoms with Gasteiger partial charge in [-0.1, -0.05) is 19.8 Å². The summed E-state index contributed by atoms with van der Waals surface area (Å²) in [5.74, 6) is 0.558. The van der Waals surface area contributed by atoms with Gasteiger partial charge in [0.05, 0.1) is 11.1 Å². The standard InChI is InChI=1S/C25H30F2N6O4/c1-14-2-4-15(5-3-14)21(30-18-6-7-20(33-32-18)37-24(26)27)22(34)31-19-12-17-16(13-28-19)25(23(35)29-17)8-10-36-11-9-25/h6-7,12-15,21,24H,2-5,8-11H2,1H3,(H,29,35)(H,30,32)(H,28,31,34)/t14-,15-,21-/m0/s1. The van der Waals surface area contributed by atoms with Crippen LogP contribution in [0.15, 0.2) is 24.4 Å². The van der Waals surface area contributed by atoms with Gasteiger partial charge < -0.3 is 25.4 Å². The van der Waals surface area contributed by atoms with E-state index in [2.05, 4.69) is 42.8 Å². The number of hydrogen-bond donors (Lipinski definition) is 3. The van der Waals surface area contributed by atoms with E-state index in [9.17, 15) is 18.4 Å². The fourth-order valence-electron chi connectivity index (χ4n) is 5.52. The molecule has 3 N–H and O–H groups in total. The number of halogens is 2. The molecule has 37 heavy (non-hydrogen) atoms. The maximum absolute atomic E-state index is 13.5.